The van der Waals surface area contributed by atoms with Gasteiger partial charge in [-0.1, -0.05) is 44.2 Å². The van der Waals surface area contributed by atoms with Crippen LogP contribution < -0.4 is 14.8 Å². The maximum Gasteiger partial charge on any atom is 0.175 e. The van der Waals surface area contributed by atoms with E-state index < -0.39 is 0 Å². The van der Waals surface area contributed by atoms with E-state index in [2.05, 4.69) is 59.4 Å². The van der Waals surface area contributed by atoms with Gasteiger partial charge in [0.25, 0.3) is 0 Å². The highest BCUT2D eigenvalue weighted by Crippen LogP contribution is 2.37. The second kappa shape index (κ2) is 12.2. The third-order valence-corrected chi connectivity index (χ3v) is 4.41. The summed E-state index contributed by atoms with van der Waals surface area (Å²) in [4.78, 5) is 0. The molecule has 0 aliphatic rings. The minimum absolute atomic E-state index is 0. The molecule has 5 heteroatoms. The van der Waals surface area contributed by atoms with E-state index in [9.17, 15) is 0 Å². The molecule has 1 N–H and O–H groups in total. The highest BCUT2D eigenvalue weighted by atomic mass is 79.9. The van der Waals surface area contributed by atoms with E-state index in [-0.39, 0.29) is 12.4 Å². The lowest BCUT2D eigenvalue weighted by molar-refractivity contribution is 0.267. The second-order valence-corrected chi connectivity index (χ2v) is 7.33. The summed E-state index contributed by atoms with van der Waals surface area (Å²) in [6.07, 6.45) is 1.18. The van der Waals surface area contributed by atoms with Crippen molar-refractivity contribution in [2.75, 3.05) is 13.2 Å². The van der Waals surface area contributed by atoms with Gasteiger partial charge in [0, 0.05) is 6.54 Å². The molecule has 144 valence electrons. The highest BCUT2D eigenvalue weighted by Gasteiger charge is 2.12. The molecule has 0 aromatic heterocycles. The van der Waals surface area contributed by atoms with Crippen molar-refractivity contribution in [3.8, 4) is 11.5 Å². The molecule has 3 nitrogen and oxygen atoms in total. The van der Waals surface area contributed by atoms with E-state index in [4.69, 9.17) is 9.47 Å². The Bertz CT molecular complexity index is 650. The van der Waals surface area contributed by atoms with Crippen LogP contribution in [-0.4, -0.2) is 13.2 Å². The summed E-state index contributed by atoms with van der Waals surface area (Å²) in [5.74, 6) is 2.26. The number of hydrogen-bond donors (Lipinski definition) is 1. The zero-order chi connectivity index (χ0) is 18.1. The summed E-state index contributed by atoms with van der Waals surface area (Å²) in [6.45, 7) is 9.44. The third kappa shape index (κ3) is 7.56. The predicted molar refractivity (Wildman–Crippen MR) is 114 cm³/mol. The van der Waals surface area contributed by atoms with Gasteiger partial charge in [-0.05, 0) is 65.0 Å². The molecule has 0 amide bonds. The smallest absolute Gasteiger partial charge is 0.175 e. The molecular formula is C21H29BrClNO2. The maximum absolute atomic E-state index is 6.03. The lowest BCUT2D eigenvalue weighted by Gasteiger charge is -2.16. The minimum atomic E-state index is 0. The van der Waals surface area contributed by atoms with Gasteiger partial charge in [-0.15, -0.1) is 12.4 Å². The monoisotopic (exact) mass is 441 g/mol. The van der Waals surface area contributed by atoms with Gasteiger partial charge in [-0.2, -0.15) is 0 Å². The zero-order valence-electron chi connectivity index (χ0n) is 15.8. The first-order valence-electron chi connectivity index (χ1n) is 8.92. The molecule has 0 saturated carbocycles. The average molecular weight is 443 g/mol. The molecule has 0 saturated heterocycles. The molecule has 0 unspecified atom stereocenters. The molecule has 0 aliphatic carbocycles. The van der Waals surface area contributed by atoms with Crippen molar-refractivity contribution in [1.29, 1.82) is 0 Å². The van der Waals surface area contributed by atoms with Crippen LogP contribution in [0.25, 0.3) is 0 Å². The van der Waals surface area contributed by atoms with Gasteiger partial charge in [0.2, 0.25) is 0 Å². The topological polar surface area (TPSA) is 30.5 Å². The Balaban J connectivity index is 0.00000338. The number of benzene rings is 2. The first-order chi connectivity index (χ1) is 12.1. The summed E-state index contributed by atoms with van der Waals surface area (Å²) in [6, 6.07) is 14.3. The first-order valence-corrected chi connectivity index (χ1v) is 9.72. The van der Waals surface area contributed by atoms with Gasteiger partial charge < -0.3 is 14.8 Å². The predicted octanol–water partition coefficient (Wildman–Crippen LogP) is 5.98. The Hall–Kier alpha value is -1.23. The van der Waals surface area contributed by atoms with Crippen LogP contribution in [0.3, 0.4) is 0 Å². The maximum atomic E-state index is 6.03. The number of nitrogens with one attached hydrogen (secondary N) is 1. The van der Waals surface area contributed by atoms with Crippen LogP contribution in [0.2, 0.25) is 0 Å². The van der Waals surface area contributed by atoms with Gasteiger partial charge in [0.15, 0.2) is 11.5 Å². The zero-order valence-corrected chi connectivity index (χ0v) is 18.2. The van der Waals surface area contributed by atoms with Crippen molar-refractivity contribution in [2.24, 2.45) is 5.92 Å². The van der Waals surface area contributed by atoms with Crippen molar-refractivity contribution in [3.05, 3.63) is 58.1 Å². The lowest BCUT2D eigenvalue weighted by Crippen LogP contribution is -2.16. The Morgan fingerprint density at radius 2 is 1.77 bits per heavy atom. The molecule has 0 aliphatic heterocycles. The summed E-state index contributed by atoms with van der Waals surface area (Å²) in [5.41, 5.74) is 2.32. The highest BCUT2D eigenvalue weighted by molar-refractivity contribution is 9.10. The number of ether oxygens (including phenoxy) is 2. The Labute approximate surface area is 172 Å². The molecule has 26 heavy (non-hydrogen) atoms. The van der Waals surface area contributed by atoms with Crippen molar-refractivity contribution in [3.63, 3.8) is 0 Å². The largest absolute Gasteiger partial charge is 0.490 e. The van der Waals surface area contributed by atoms with E-state index in [1.165, 1.54) is 12.0 Å². The Morgan fingerprint density at radius 3 is 2.42 bits per heavy atom. The Kier molecular flexibility index (Phi) is 10.7. The molecule has 0 fully saturated rings. The van der Waals surface area contributed by atoms with E-state index in [0.717, 1.165) is 34.6 Å². The van der Waals surface area contributed by atoms with Gasteiger partial charge in [0.05, 0.1) is 11.1 Å². The molecule has 0 atom stereocenters. The molecular weight excluding hydrogens is 414 g/mol. The molecule has 2 rings (SSSR count). The van der Waals surface area contributed by atoms with Crippen LogP contribution in [0.4, 0.5) is 0 Å². The molecule has 0 spiro atoms. The van der Waals surface area contributed by atoms with E-state index in [1.807, 2.05) is 25.1 Å². The average Bonchev–Trinajstić information content (AvgIpc) is 2.59. The Morgan fingerprint density at radius 1 is 1.04 bits per heavy atom. The van der Waals surface area contributed by atoms with Crippen molar-refractivity contribution < 1.29 is 9.47 Å². The first kappa shape index (κ1) is 22.8. The van der Waals surface area contributed by atoms with Gasteiger partial charge in [-0.25, -0.2) is 0 Å². The number of rotatable bonds is 10. The van der Waals surface area contributed by atoms with E-state index in [1.54, 1.807) is 0 Å². The van der Waals surface area contributed by atoms with Crippen molar-refractivity contribution in [1.82, 2.24) is 5.32 Å². The molecule has 0 heterocycles. The number of halogens is 2. The quantitative estimate of drug-likeness (QED) is 0.459. The van der Waals surface area contributed by atoms with Crippen molar-refractivity contribution in [2.45, 2.75) is 40.3 Å². The summed E-state index contributed by atoms with van der Waals surface area (Å²) >= 11 is 3.64. The van der Waals surface area contributed by atoms with Gasteiger partial charge >= 0.3 is 0 Å². The van der Waals surface area contributed by atoms with Crippen LogP contribution >= 0.6 is 28.3 Å². The molecule has 0 radical (unpaired) electrons. The summed E-state index contributed by atoms with van der Waals surface area (Å²) < 4.78 is 12.8. The van der Waals surface area contributed by atoms with Crippen molar-refractivity contribution >= 4 is 28.3 Å². The van der Waals surface area contributed by atoms with Gasteiger partial charge in [0.1, 0.15) is 6.61 Å². The van der Waals surface area contributed by atoms with Crippen LogP contribution in [0.15, 0.2) is 46.9 Å². The fourth-order valence-corrected chi connectivity index (χ4v) is 3.08. The fourth-order valence-electron chi connectivity index (χ4n) is 2.48. The SMILES string of the molecule is CCOc1cc(CNCCC(C)C)cc(Br)c1OCc1ccccc1.Cl. The normalized spacial score (nSPS) is 10.5. The standard InChI is InChI=1S/C21H28BrNO2.ClH/c1-4-24-20-13-18(14-23-11-10-16(2)3)12-19(22)21(20)25-15-17-8-6-5-7-9-17;/h5-9,12-13,16,23H,4,10-11,14-15H2,1-3H3;1H. The van der Waals surface area contributed by atoms with Crippen LogP contribution in [0.1, 0.15) is 38.3 Å². The molecule has 2 aromatic carbocycles. The molecule has 0 bridgehead atoms. The fraction of sp³-hybridized carbons (Fsp3) is 0.429. The molecule has 2 aromatic rings. The van der Waals surface area contributed by atoms with Crippen LogP contribution in [-0.2, 0) is 13.2 Å². The van der Waals surface area contributed by atoms with Gasteiger partial charge in [-0.3, -0.25) is 0 Å². The lowest BCUT2D eigenvalue weighted by atomic mass is 10.1. The summed E-state index contributed by atoms with van der Waals surface area (Å²) in [7, 11) is 0. The third-order valence-electron chi connectivity index (χ3n) is 3.82. The van der Waals surface area contributed by atoms with Crippen LogP contribution in [0, 0.1) is 5.92 Å². The minimum Gasteiger partial charge on any atom is -0.490 e. The number of hydrogen-bond acceptors (Lipinski definition) is 3. The van der Waals surface area contributed by atoms with E-state index in [0.29, 0.717) is 19.1 Å². The second-order valence-electron chi connectivity index (χ2n) is 6.47. The van der Waals surface area contributed by atoms with Crippen LogP contribution in [0.5, 0.6) is 11.5 Å². The summed E-state index contributed by atoms with van der Waals surface area (Å²) in [5, 5.41) is 3.49. The van der Waals surface area contributed by atoms with E-state index >= 15 is 0 Å².